The maximum Gasteiger partial charge on any atom is 0.258 e. The average molecular weight is 395 g/mol. The first-order chi connectivity index (χ1) is 13.1. The number of carbonyl (C=O) groups excluding carboxylic acids is 1. The number of hydrogen-bond acceptors (Lipinski definition) is 4. The zero-order valence-corrected chi connectivity index (χ0v) is 16.7. The van der Waals surface area contributed by atoms with Crippen LogP contribution in [0.5, 0.6) is 5.75 Å². The van der Waals surface area contributed by atoms with Crippen molar-refractivity contribution in [1.82, 2.24) is 9.62 Å². The van der Waals surface area contributed by atoms with Crippen molar-refractivity contribution in [2.24, 2.45) is 0 Å². The van der Waals surface area contributed by atoms with Crippen LogP contribution in [0.4, 0.5) is 0 Å². The normalized spacial score (nSPS) is 20.0. The molecule has 1 amide bonds. The van der Waals surface area contributed by atoms with E-state index in [0.29, 0.717) is 18.8 Å². The topological polar surface area (TPSA) is 75.7 Å². The Morgan fingerprint density at radius 2 is 1.56 bits per heavy atom. The second-order valence-corrected chi connectivity index (χ2v) is 9.42. The lowest BCUT2D eigenvalue weighted by molar-refractivity contribution is -0.124. The monoisotopic (exact) mass is 394 g/mol. The molecule has 2 aliphatic rings. The number of amides is 1. The van der Waals surface area contributed by atoms with Gasteiger partial charge in [-0.05, 0) is 49.9 Å². The fourth-order valence-electron chi connectivity index (χ4n) is 3.80. The quantitative estimate of drug-likeness (QED) is 0.804. The highest BCUT2D eigenvalue weighted by molar-refractivity contribution is 7.89. The Bertz CT molecular complexity index is 704. The van der Waals surface area contributed by atoms with Crippen molar-refractivity contribution in [2.75, 3.05) is 19.7 Å². The van der Waals surface area contributed by atoms with Gasteiger partial charge in [-0.1, -0.05) is 32.1 Å². The van der Waals surface area contributed by atoms with Crippen molar-refractivity contribution >= 4 is 15.9 Å². The average Bonchev–Trinajstić information content (AvgIpc) is 2.98. The molecule has 0 bridgehead atoms. The lowest BCUT2D eigenvalue weighted by Gasteiger charge is -2.22. The molecule has 0 unspecified atom stereocenters. The highest BCUT2D eigenvalue weighted by Gasteiger charge is 2.25. The summed E-state index contributed by atoms with van der Waals surface area (Å²) in [4.78, 5) is 12.3. The number of carbonyl (C=O) groups is 1. The van der Waals surface area contributed by atoms with E-state index in [1.807, 2.05) is 0 Å². The second-order valence-electron chi connectivity index (χ2n) is 7.48. The minimum Gasteiger partial charge on any atom is -0.484 e. The van der Waals surface area contributed by atoms with Crippen molar-refractivity contribution < 1.29 is 17.9 Å². The minimum atomic E-state index is -3.45. The van der Waals surface area contributed by atoms with Gasteiger partial charge < -0.3 is 10.1 Å². The molecular formula is C20H30N2O4S. The van der Waals surface area contributed by atoms with Crippen LogP contribution in [0.3, 0.4) is 0 Å². The number of rotatable bonds is 6. The van der Waals surface area contributed by atoms with Crippen LogP contribution in [0.15, 0.2) is 29.2 Å². The number of nitrogens with one attached hydrogen (secondary N) is 1. The fraction of sp³-hybridized carbons (Fsp3) is 0.650. The molecule has 1 saturated carbocycles. The van der Waals surface area contributed by atoms with Crippen molar-refractivity contribution in [3.8, 4) is 5.75 Å². The Kier molecular flexibility index (Phi) is 7.13. The van der Waals surface area contributed by atoms with E-state index in [0.717, 1.165) is 38.5 Å². The summed E-state index contributed by atoms with van der Waals surface area (Å²) in [5.41, 5.74) is 0. The molecule has 1 aliphatic carbocycles. The zero-order chi connectivity index (χ0) is 19.1. The molecule has 0 spiro atoms. The van der Waals surface area contributed by atoms with Crippen LogP contribution in [0, 0.1) is 0 Å². The third-order valence-corrected chi connectivity index (χ3v) is 7.28. The fourth-order valence-corrected chi connectivity index (χ4v) is 5.32. The molecule has 1 saturated heterocycles. The van der Waals surface area contributed by atoms with Crippen molar-refractivity contribution in [1.29, 1.82) is 0 Å². The largest absolute Gasteiger partial charge is 0.484 e. The van der Waals surface area contributed by atoms with Crippen LogP contribution >= 0.6 is 0 Å². The molecule has 6 nitrogen and oxygen atoms in total. The number of sulfonamides is 1. The second kappa shape index (κ2) is 9.55. The van der Waals surface area contributed by atoms with Gasteiger partial charge in [-0.2, -0.15) is 4.31 Å². The van der Waals surface area contributed by atoms with Gasteiger partial charge >= 0.3 is 0 Å². The molecular weight excluding hydrogens is 364 g/mol. The molecule has 1 heterocycles. The van der Waals surface area contributed by atoms with Crippen molar-refractivity contribution in [3.63, 3.8) is 0 Å². The molecule has 1 N–H and O–H groups in total. The predicted octanol–water partition coefficient (Wildman–Crippen LogP) is 3.08. The van der Waals surface area contributed by atoms with Gasteiger partial charge in [0.1, 0.15) is 5.75 Å². The first-order valence-electron chi connectivity index (χ1n) is 10.1. The Labute approximate surface area is 162 Å². The van der Waals surface area contributed by atoms with Gasteiger partial charge in [-0.15, -0.1) is 0 Å². The van der Waals surface area contributed by atoms with E-state index in [1.54, 1.807) is 28.6 Å². The first kappa shape index (κ1) is 20.1. The molecule has 0 radical (unpaired) electrons. The molecule has 1 aliphatic heterocycles. The maximum atomic E-state index is 12.8. The van der Waals surface area contributed by atoms with Crippen LogP contribution in [-0.2, 0) is 14.8 Å². The van der Waals surface area contributed by atoms with Gasteiger partial charge in [-0.25, -0.2) is 8.42 Å². The van der Waals surface area contributed by atoms with E-state index < -0.39 is 10.0 Å². The molecule has 0 atom stereocenters. The summed E-state index contributed by atoms with van der Waals surface area (Å²) in [6.45, 7) is 1.12. The van der Waals surface area contributed by atoms with Crippen LogP contribution in [0.25, 0.3) is 0 Å². The molecule has 150 valence electrons. The maximum absolute atomic E-state index is 12.8. The highest BCUT2D eigenvalue weighted by Crippen LogP contribution is 2.22. The first-order valence-corrected chi connectivity index (χ1v) is 11.5. The lowest BCUT2D eigenvalue weighted by Crippen LogP contribution is -2.38. The van der Waals surface area contributed by atoms with Gasteiger partial charge in [0.25, 0.3) is 5.91 Å². The summed E-state index contributed by atoms with van der Waals surface area (Å²) in [6, 6.07) is 6.64. The summed E-state index contributed by atoms with van der Waals surface area (Å²) in [5.74, 6) is 0.381. The molecule has 0 aromatic heterocycles. The Morgan fingerprint density at radius 3 is 2.19 bits per heavy atom. The summed E-state index contributed by atoms with van der Waals surface area (Å²) < 4.78 is 32.6. The number of nitrogens with zero attached hydrogens (tertiary/aromatic N) is 1. The number of hydrogen-bond donors (Lipinski definition) is 1. The molecule has 7 heteroatoms. The molecule has 1 aromatic carbocycles. The van der Waals surface area contributed by atoms with Crippen molar-refractivity contribution in [3.05, 3.63) is 24.3 Å². The molecule has 2 fully saturated rings. The van der Waals surface area contributed by atoms with Gasteiger partial charge in [0.15, 0.2) is 6.61 Å². The van der Waals surface area contributed by atoms with E-state index in [4.69, 9.17) is 4.74 Å². The Balaban J connectivity index is 1.52. The van der Waals surface area contributed by atoms with Crippen LogP contribution in [0.1, 0.15) is 57.8 Å². The van der Waals surface area contributed by atoms with Crippen LogP contribution in [-0.4, -0.2) is 44.4 Å². The van der Waals surface area contributed by atoms with Crippen molar-refractivity contribution in [2.45, 2.75) is 68.7 Å². The van der Waals surface area contributed by atoms with Gasteiger partial charge in [-0.3, -0.25) is 4.79 Å². The standard InChI is InChI=1S/C20H30N2O4S/c23-20(21-17-8-4-3-5-9-17)16-26-18-10-12-19(13-11-18)27(24,25)22-14-6-1-2-7-15-22/h10-13,17H,1-9,14-16H2,(H,21,23). The van der Waals surface area contributed by atoms with Gasteiger partial charge in [0, 0.05) is 19.1 Å². The summed E-state index contributed by atoms with van der Waals surface area (Å²) in [7, 11) is -3.45. The summed E-state index contributed by atoms with van der Waals surface area (Å²) in [5, 5.41) is 3.01. The van der Waals surface area contributed by atoms with E-state index in [-0.39, 0.29) is 23.5 Å². The third kappa shape index (κ3) is 5.69. The Morgan fingerprint density at radius 1 is 0.963 bits per heavy atom. The SMILES string of the molecule is O=C(COc1ccc(S(=O)(=O)N2CCCCCC2)cc1)NC1CCCCC1. The van der Waals surface area contributed by atoms with E-state index in [2.05, 4.69) is 5.32 Å². The third-order valence-electron chi connectivity index (χ3n) is 5.37. The van der Waals surface area contributed by atoms with Crippen LogP contribution < -0.4 is 10.1 Å². The summed E-state index contributed by atoms with van der Waals surface area (Å²) in [6.07, 6.45) is 9.65. The smallest absolute Gasteiger partial charge is 0.258 e. The zero-order valence-electron chi connectivity index (χ0n) is 15.9. The summed E-state index contributed by atoms with van der Waals surface area (Å²) >= 11 is 0. The number of benzene rings is 1. The van der Waals surface area contributed by atoms with E-state index in [1.165, 1.54) is 19.3 Å². The Hall–Kier alpha value is -1.60. The molecule has 27 heavy (non-hydrogen) atoms. The highest BCUT2D eigenvalue weighted by atomic mass is 32.2. The lowest BCUT2D eigenvalue weighted by atomic mass is 9.95. The van der Waals surface area contributed by atoms with E-state index >= 15 is 0 Å². The minimum absolute atomic E-state index is 0.0469. The predicted molar refractivity (Wildman–Crippen MR) is 104 cm³/mol. The van der Waals surface area contributed by atoms with Gasteiger partial charge in [0.2, 0.25) is 10.0 Å². The van der Waals surface area contributed by atoms with Crippen LogP contribution in [0.2, 0.25) is 0 Å². The van der Waals surface area contributed by atoms with Gasteiger partial charge in [0.05, 0.1) is 4.90 Å². The van der Waals surface area contributed by atoms with E-state index in [9.17, 15) is 13.2 Å². The molecule has 1 aromatic rings. The molecule has 3 rings (SSSR count). The number of ether oxygens (including phenoxy) is 1.